The van der Waals surface area contributed by atoms with E-state index in [-0.39, 0.29) is 24.6 Å². The summed E-state index contributed by atoms with van der Waals surface area (Å²) in [5.41, 5.74) is 1.58. The molecule has 10 nitrogen and oxygen atoms in total. The van der Waals surface area contributed by atoms with Crippen LogP contribution in [0, 0.1) is 0 Å². The molecule has 0 unspecified atom stereocenters. The number of nitrogens with zero attached hydrogens (tertiary/aromatic N) is 3. The molecular formula is C19H25N3O7S. The van der Waals surface area contributed by atoms with Crippen molar-refractivity contribution in [3.05, 3.63) is 35.5 Å². The first-order valence-electron chi connectivity index (χ1n) is 9.32. The molecule has 3 rings (SSSR count). The lowest BCUT2D eigenvalue weighted by atomic mass is 10.1. The van der Waals surface area contributed by atoms with Crippen LogP contribution >= 0.6 is 0 Å². The molecule has 1 aromatic carbocycles. The van der Waals surface area contributed by atoms with Gasteiger partial charge in [0.25, 0.3) is 0 Å². The number of carbonyl (C=O) groups is 2. The summed E-state index contributed by atoms with van der Waals surface area (Å²) in [7, 11) is -0.770. The SMILES string of the molecule is COC(=O)C1=C(C(=O)OC)N(c2ccccc2N2CCN(S(C)(=O)=O)CC2)COC1. The third-order valence-electron chi connectivity index (χ3n) is 5.05. The molecule has 0 amide bonds. The predicted molar refractivity (Wildman–Crippen MR) is 109 cm³/mol. The van der Waals surface area contributed by atoms with Gasteiger partial charge >= 0.3 is 11.9 Å². The smallest absolute Gasteiger partial charge is 0.355 e. The monoisotopic (exact) mass is 439 g/mol. The van der Waals surface area contributed by atoms with E-state index in [0.717, 1.165) is 5.69 Å². The van der Waals surface area contributed by atoms with Crippen LogP contribution in [0.2, 0.25) is 0 Å². The van der Waals surface area contributed by atoms with Crippen LogP contribution in [-0.2, 0) is 33.8 Å². The van der Waals surface area contributed by atoms with Crippen LogP contribution in [0.4, 0.5) is 11.4 Å². The Hall–Kier alpha value is -2.63. The third-order valence-corrected chi connectivity index (χ3v) is 6.36. The zero-order valence-electron chi connectivity index (χ0n) is 17.2. The Labute approximate surface area is 175 Å². The second kappa shape index (κ2) is 9.02. The zero-order chi connectivity index (χ0) is 21.9. The van der Waals surface area contributed by atoms with Crippen LogP contribution in [0.5, 0.6) is 0 Å². The molecule has 0 spiro atoms. The van der Waals surface area contributed by atoms with Crippen molar-refractivity contribution >= 4 is 33.3 Å². The molecule has 0 aliphatic carbocycles. The number of esters is 2. The van der Waals surface area contributed by atoms with Crippen LogP contribution in [0.3, 0.4) is 0 Å². The summed E-state index contributed by atoms with van der Waals surface area (Å²) in [6.45, 7) is 1.67. The molecule has 0 atom stereocenters. The lowest BCUT2D eigenvalue weighted by Crippen LogP contribution is -2.49. The number of hydrogen-bond donors (Lipinski definition) is 0. The van der Waals surface area contributed by atoms with Crippen molar-refractivity contribution in [2.75, 3.05) is 69.8 Å². The Morgan fingerprint density at radius 1 is 0.967 bits per heavy atom. The van der Waals surface area contributed by atoms with Crippen LogP contribution in [0.25, 0.3) is 0 Å². The minimum Gasteiger partial charge on any atom is -0.466 e. The van der Waals surface area contributed by atoms with Gasteiger partial charge in [-0.1, -0.05) is 12.1 Å². The van der Waals surface area contributed by atoms with E-state index in [1.807, 2.05) is 29.2 Å². The normalized spacial score (nSPS) is 18.4. The molecule has 2 heterocycles. The lowest BCUT2D eigenvalue weighted by Gasteiger charge is -2.38. The Balaban J connectivity index is 1.98. The van der Waals surface area contributed by atoms with E-state index in [1.54, 1.807) is 4.90 Å². The van der Waals surface area contributed by atoms with Gasteiger partial charge in [-0.3, -0.25) is 0 Å². The van der Waals surface area contributed by atoms with Gasteiger partial charge in [0.05, 0.1) is 44.0 Å². The number of benzene rings is 1. The lowest BCUT2D eigenvalue weighted by molar-refractivity contribution is -0.140. The maximum absolute atomic E-state index is 12.6. The number of sulfonamides is 1. The van der Waals surface area contributed by atoms with Gasteiger partial charge in [0.1, 0.15) is 12.4 Å². The summed E-state index contributed by atoms with van der Waals surface area (Å²) in [4.78, 5) is 28.4. The maximum Gasteiger partial charge on any atom is 0.355 e. The van der Waals surface area contributed by atoms with Gasteiger partial charge in [-0.15, -0.1) is 0 Å². The molecule has 2 aliphatic rings. The molecule has 1 fully saturated rings. The van der Waals surface area contributed by atoms with Crippen molar-refractivity contribution in [3.63, 3.8) is 0 Å². The highest BCUT2D eigenvalue weighted by molar-refractivity contribution is 7.88. The molecule has 2 aliphatic heterocycles. The summed E-state index contributed by atoms with van der Waals surface area (Å²) in [5.74, 6) is -1.34. The number of carbonyl (C=O) groups excluding carboxylic acids is 2. The highest BCUT2D eigenvalue weighted by Crippen LogP contribution is 2.35. The largest absolute Gasteiger partial charge is 0.466 e. The molecular weight excluding hydrogens is 414 g/mol. The van der Waals surface area contributed by atoms with Crippen molar-refractivity contribution in [1.82, 2.24) is 4.31 Å². The average molecular weight is 439 g/mol. The topological polar surface area (TPSA) is 106 Å². The van der Waals surface area contributed by atoms with Gasteiger partial charge in [0, 0.05) is 26.2 Å². The number of hydrogen-bond acceptors (Lipinski definition) is 9. The molecule has 0 saturated carbocycles. The number of para-hydroxylation sites is 2. The second-order valence-electron chi connectivity index (χ2n) is 6.85. The van der Waals surface area contributed by atoms with E-state index in [1.165, 1.54) is 24.8 Å². The fraction of sp³-hybridized carbons (Fsp3) is 0.474. The first-order valence-corrected chi connectivity index (χ1v) is 11.2. The molecule has 30 heavy (non-hydrogen) atoms. The number of piperazine rings is 1. The predicted octanol–water partition coefficient (Wildman–Crippen LogP) is 0.162. The molecule has 0 aromatic heterocycles. The van der Waals surface area contributed by atoms with E-state index in [2.05, 4.69) is 0 Å². The van der Waals surface area contributed by atoms with E-state index in [9.17, 15) is 18.0 Å². The standard InChI is InChI=1S/C19H25N3O7S/c1-27-18(23)14-12-29-13-22(17(14)19(24)28-2)16-7-5-4-6-15(16)20-8-10-21(11-9-20)30(3,25)26/h4-7H,8-13H2,1-3H3. The van der Waals surface area contributed by atoms with Crippen LogP contribution < -0.4 is 9.80 Å². The minimum absolute atomic E-state index is 0.0469. The van der Waals surface area contributed by atoms with Crippen molar-refractivity contribution in [2.45, 2.75) is 0 Å². The summed E-state index contributed by atoms with van der Waals surface area (Å²) in [5, 5.41) is 0. The molecule has 164 valence electrons. The molecule has 11 heteroatoms. The van der Waals surface area contributed by atoms with Crippen molar-refractivity contribution in [2.24, 2.45) is 0 Å². The first kappa shape index (κ1) is 22.1. The quantitative estimate of drug-likeness (QED) is 0.593. The van der Waals surface area contributed by atoms with Crippen LogP contribution in [0.1, 0.15) is 0 Å². The summed E-state index contributed by atoms with van der Waals surface area (Å²) < 4.78 is 40.3. The fourth-order valence-corrected chi connectivity index (χ4v) is 4.38. The number of ether oxygens (including phenoxy) is 3. The number of rotatable bonds is 5. The van der Waals surface area contributed by atoms with Gasteiger partial charge in [-0.05, 0) is 12.1 Å². The fourth-order valence-electron chi connectivity index (χ4n) is 3.55. The second-order valence-corrected chi connectivity index (χ2v) is 8.84. The Morgan fingerprint density at radius 3 is 2.13 bits per heavy atom. The van der Waals surface area contributed by atoms with E-state index in [0.29, 0.717) is 31.9 Å². The van der Waals surface area contributed by atoms with E-state index >= 15 is 0 Å². The Morgan fingerprint density at radius 2 is 1.57 bits per heavy atom. The van der Waals surface area contributed by atoms with Gasteiger partial charge < -0.3 is 24.0 Å². The summed E-state index contributed by atoms with van der Waals surface area (Å²) in [6, 6.07) is 7.36. The summed E-state index contributed by atoms with van der Waals surface area (Å²) in [6.07, 6.45) is 1.20. The number of methoxy groups -OCH3 is 2. The Bertz CT molecular complexity index is 953. The number of anilines is 2. The minimum atomic E-state index is -3.25. The Kier molecular flexibility index (Phi) is 6.64. The molecule has 0 radical (unpaired) electrons. The van der Waals surface area contributed by atoms with Crippen molar-refractivity contribution in [1.29, 1.82) is 0 Å². The molecule has 1 aromatic rings. The maximum atomic E-state index is 12.6. The van der Waals surface area contributed by atoms with Gasteiger partial charge in [-0.25, -0.2) is 18.0 Å². The van der Waals surface area contributed by atoms with Crippen LogP contribution in [-0.4, -0.2) is 84.7 Å². The summed E-state index contributed by atoms with van der Waals surface area (Å²) >= 11 is 0. The third kappa shape index (κ3) is 4.42. The van der Waals surface area contributed by atoms with E-state index in [4.69, 9.17) is 14.2 Å². The van der Waals surface area contributed by atoms with Gasteiger partial charge in [0.2, 0.25) is 10.0 Å². The first-order chi connectivity index (χ1) is 14.3. The highest BCUT2D eigenvalue weighted by atomic mass is 32.2. The highest BCUT2D eigenvalue weighted by Gasteiger charge is 2.34. The van der Waals surface area contributed by atoms with Crippen molar-refractivity contribution in [3.8, 4) is 0 Å². The molecule has 0 N–H and O–H groups in total. The average Bonchev–Trinajstić information content (AvgIpc) is 2.77. The molecule has 1 saturated heterocycles. The van der Waals surface area contributed by atoms with E-state index < -0.39 is 22.0 Å². The van der Waals surface area contributed by atoms with Crippen molar-refractivity contribution < 1.29 is 32.2 Å². The van der Waals surface area contributed by atoms with Gasteiger partial charge in [0.15, 0.2) is 0 Å². The molecule has 0 bridgehead atoms. The van der Waals surface area contributed by atoms with Crippen LogP contribution in [0.15, 0.2) is 35.5 Å². The zero-order valence-corrected chi connectivity index (χ0v) is 18.0. The van der Waals surface area contributed by atoms with Gasteiger partial charge in [-0.2, -0.15) is 4.31 Å².